The quantitative estimate of drug-likeness (QED) is 0.403. The van der Waals surface area contributed by atoms with Crippen molar-refractivity contribution in [1.82, 2.24) is 0 Å². The number of ether oxygens (including phenoxy) is 3. The molecular weight excluding hydrogens is 332 g/mol. The molecule has 0 N–H and O–H groups in total. The molecule has 2 aromatic rings. The molecule has 1 aromatic carbocycles. The number of hydrogen-bond acceptors (Lipinski definition) is 5. The highest BCUT2D eigenvalue weighted by atomic mass is 35.5. The largest absolute Gasteiger partial charge is 0.452 e. The van der Waals surface area contributed by atoms with Crippen molar-refractivity contribution in [2.75, 3.05) is 13.2 Å². The van der Waals surface area contributed by atoms with Gasteiger partial charge < -0.3 is 18.6 Å². The van der Waals surface area contributed by atoms with Crippen LogP contribution < -0.4 is 0 Å². The molecule has 128 valence electrons. The van der Waals surface area contributed by atoms with Crippen LogP contribution in [0.3, 0.4) is 0 Å². The van der Waals surface area contributed by atoms with Gasteiger partial charge in [0.05, 0.1) is 0 Å². The van der Waals surface area contributed by atoms with Crippen LogP contribution >= 0.6 is 11.6 Å². The fourth-order valence-corrected chi connectivity index (χ4v) is 2.61. The molecular formula is C18H19ClO5. The van der Waals surface area contributed by atoms with Crippen molar-refractivity contribution < 1.29 is 23.4 Å². The van der Waals surface area contributed by atoms with Gasteiger partial charge in [-0.3, -0.25) is 4.79 Å². The summed E-state index contributed by atoms with van der Waals surface area (Å²) in [5.41, 5.74) is 0.922. The van der Waals surface area contributed by atoms with Crippen molar-refractivity contribution >= 4 is 17.4 Å². The van der Waals surface area contributed by atoms with E-state index in [-0.39, 0.29) is 17.6 Å². The molecule has 0 radical (unpaired) electrons. The zero-order valence-corrected chi connectivity index (χ0v) is 14.3. The fraction of sp³-hybridized carbons (Fsp3) is 0.389. The summed E-state index contributed by atoms with van der Waals surface area (Å²) in [6.07, 6.45) is -1.38. The number of carbonyl (C=O) groups excluding carboxylic acids is 1. The molecule has 0 amide bonds. The highest BCUT2D eigenvalue weighted by molar-refractivity contribution is 6.30. The van der Waals surface area contributed by atoms with Crippen LogP contribution in [-0.2, 0) is 14.2 Å². The van der Waals surface area contributed by atoms with Gasteiger partial charge in [-0.1, -0.05) is 23.7 Å². The maximum Gasteiger partial charge on any atom is 0.229 e. The lowest BCUT2D eigenvalue weighted by molar-refractivity contribution is -0.150. The molecule has 1 aliphatic rings. The Labute approximate surface area is 145 Å². The molecule has 0 saturated carbocycles. The van der Waals surface area contributed by atoms with E-state index in [1.807, 2.05) is 26.0 Å². The Morgan fingerprint density at radius 3 is 2.42 bits per heavy atom. The van der Waals surface area contributed by atoms with Gasteiger partial charge >= 0.3 is 0 Å². The number of carbonyl (C=O) groups is 1. The molecule has 0 bridgehead atoms. The summed E-state index contributed by atoms with van der Waals surface area (Å²) in [5, 5.41) is 0.649. The van der Waals surface area contributed by atoms with Crippen molar-refractivity contribution in [3.63, 3.8) is 0 Å². The average Bonchev–Trinajstić information content (AvgIpc) is 3.22. The molecule has 6 heteroatoms. The monoisotopic (exact) mass is 350 g/mol. The number of halogens is 1. The molecule has 24 heavy (non-hydrogen) atoms. The maximum atomic E-state index is 12.5. The van der Waals surface area contributed by atoms with Gasteiger partial charge in [0.25, 0.3) is 0 Å². The van der Waals surface area contributed by atoms with Crippen LogP contribution in [0.4, 0.5) is 0 Å². The summed E-state index contributed by atoms with van der Waals surface area (Å²) >= 11 is 5.87. The predicted octanol–water partition coefficient (Wildman–Crippen LogP) is 4.33. The molecule has 0 aliphatic carbocycles. The Balaban J connectivity index is 1.67. The lowest BCUT2D eigenvalue weighted by Crippen LogP contribution is -2.09. The van der Waals surface area contributed by atoms with Crippen molar-refractivity contribution in [1.29, 1.82) is 0 Å². The number of furan rings is 1. The van der Waals surface area contributed by atoms with Gasteiger partial charge in [0.2, 0.25) is 12.1 Å². The molecule has 2 heterocycles. The lowest BCUT2D eigenvalue weighted by Gasteiger charge is -2.13. The average molecular weight is 351 g/mol. The third kappa shape index (κ3) is 3.70. The van der Waals surface area contributed by atoms with E-state index in [2.05, 4.69) is 0 Å². The predicted molar refractivity (Wildman–Crippen MR) is 88.1 cm³/mol. The molecule has 1 fully saturated rings. The first kappa shape index (κ1) is 17.2. The fourth-order valence-electron chi connectivity index (χ4n) is 2.48. The number of epoxide rings is 1. The second-order valence-corrected chi connectivity index (χ2v) is 5.77. The normalized spacial score (nSPS) is 19.7. The Kier molecular flexibility index (Phi) is 5.36. The SMILES string of the molecule is CCOC(OCC)c1ccc(C(=O)[C@H]2O[C@H]2c2ccc(Cl)cc2)o1. The topological polar surface area (TPSA) is 61.2 Å². The van der Waals surface area contributed by atoms with E-state index in [1.165, 1.54) is 0 Å². The zero-order valence-electron chi connectivity index (χ0n) is 13.5. The molecule has 1 saturated heterocycles. The van der Waals surface area contributed by atoms with Crippen molar-refractivity contribution in [2.24, 2.45) is 0 Å². The molecule has 1 aliphatic heterocycles. The summed E-state index contributed by atoms with van der Waals surface area (Å²) in [6, 6.07) is 10.6. The molecule has 2 atom stereocenters. The summed E-state index contributed by atoms with van der Waals surface area (Å²) in [7, 11) is 0. The standard InChI is InChI=1S/C18H19ClO5/c1-3-21-18(22-4-2)14-10-9-13(23-14)15(20)17-16(24-17)11-5-7-12(19)8-6-11/h5-10,16-18H,3-4H2,1-2H3/t16-,17+/m0/s1. The van der Waals surface area contributed by atoms with Gasteiger partial charge in [0.1, 0.15) is 6.10 Å². The minimum Gasteiger partial charge on any atom is -0.452 e. The number of ketones is 1. The smallest absolute Gasteiger partial charge is 0.229 e. The first-order valence-electron chi connectivity index (χ1n) is 7.92. The Hall–Kier alpha value is -1.66. The number of hydrogen-bond donors (Lipinski definition) is 0. The van der Waals surface area contributed by atoms with E-state index < -0.39 is 12.4 Å². The number of rotatable bonds is 8. The van der Waals surface area contributed by atoms with E-state index in [0.717, 1.165) is 5.56 Å². The Morgan fingerprint density at radius 2 is 1.79 bits per heavy atom. The summed E-state index contributed by atoms with van der Waals surface area (Å²) in [6.45, 7) is 4.71. The Bertz CT molecular complexity index is 688. The molecule has 0 spiro atoms. The molecule has 5 nitrogen and oxygen atoms in total. The zero-order chi connectivity index (χ0) is 17.1. The van der Waals surface area contributed by atoms with Crippen LogP contribution in [0, 0.1) is 0 Å². The van der Waals surface area contributed by atoms with Gasteiger partial charge in [-0.15, -0.1) is 0 Å². The highest BCUT2D eigenvalue weighted by Gasteiger charge is 2.47. The van der Waals surface area contributed by atoms with Gasteiger partial charge in [-0.25, -0.2) is 0 Å². The van der Waals surface area contributed by atoms with Crippen LogP contribution in [0.15, 0.2) is 40.8 Å². The van der Waals surface area contributed by atoms with Crippen LogP contribution in [0.1, 0.15) is 48.1 Å². The minimum absolute atomic E-state index is 0.187. The second-order valence-electron chi connectivity index (χ2n) is 5.34. The summed E-state index contributed by atoms with van der Waals surface area (Å²) in [5.74, 6) is 0.537. The van der Waals surface area contributed by atoms with Gasteiger partial charge in [-0.2, -0.15) is 0 Å². The van der Waals surface area contributed by atoms with Crippen LogP contribution in [0.5, 0.6) is 0 Å². The van der Waals surface area contributed by atoms with E-state index in [1.54, 1.807) is 24.3 Å². The number of Topliss-reactive ketones (excluding diaryl/α,β-unsaturated/α-hetero) is 1. The van der Waals surface area contributed by atoms with E-state index >= 15 is 0 Å². The highest BCUT2D eigenvalue weighted by Crippen LogP contribution is 2.41. The first-order chi connectivity index (χ1) is 11.6. The van der Waals surface area contributed by atoms with Gasteiger partial charge in [-0.05, 0) is 43.7 Å². The van der Waals surface area contributed by atoms with E-state index in [9.17, 15) is 4.79 Å². The van der Waals surface area contributed by atoms with Crippen molar-refractivity contribution in [3.05, 3.63) is 58.5 Å². The molecule has 1 aromatic heterocycles. The maximum absolute atomic E-state index is 12.5. The second kappa shape index (κ2) is 7.49. The van der Waals surface area contributed by atoms with Gasteiger partial charge in [0.15, 0.2) is 17.6 Å². The van der Waals surface area contributed by atoms with Crippen LogP contribution in [0.2, 0.25) is 5.02 Å². The molecule has 0 unspecified atom stereocenters. The summed E-state index contributed by atoms with van der Waals surface area (Å²) < 4.78 is 22.1. The lowest BCUT2D eigenvalue weighted by atomic mass is 10.1. The van der Waals surface area contributed by atoms with Gasteiger partial charge in [0, 0.05) is 18.2 Å². The van der Waals surface area contributed by atoms with Crippen LogP contribution in [-0.4, -0.2) is 25.1 Å². The minimum atomic E-state index is -0.603. The first-order valence-corrected chi connectivity index (χ1v) is 8.30. The summed E-state index contributed by atoms with van der Waals surface area (Å²) in [4.78, 5) is 12.5. The van der Waals surface area contributed by atoms with Crippen LogP contribution in [0.25, 0.3) is 0 Å². The van der Waals surface area contributed by atoms with Crippen molar-refractivity contribution in [3.8, 4) is 0 Å². The third-order valence-electron chi connectivity index (χ3n) is 3.69. The third-order valence-corrected chi connectivity index (χ3v) is 3.94. The number of benzene rings is 1. The van der Waals surface area contributed by atoms with E-state index in [0.29, 0.717) is 24.0 Å². The van der Waals surface area contributed by atoms with E-state index in [4.69, 9.17) is 30.2 Å². The Morgan fingerprint density at radius 1 is 1.12 bits per heavy atom. The van der Waals surface area contributed by atoms with Crippen molar-refractivity contribution in [2.45, 2.75) is 32.3 Å². The molecule has 3 rings (SSSR count).